The zero-order valence-electron chi connectivity index (χ0n) is 11.5. The van der Waals surface area contributed by atoms with Crippen molar-refractivity contribution in [3.05, 3.63) is 4.88 Å². The number of nitrogen functional groups attached to an aromatic ring is 1. The highest BCUT2D eigenvalue weighted by Gasteiger charge is 2.20. The average molecular weight is 295 g/mol. The third kappa shape index (κ3) is 3.37. The highest BCUT2D eigenvalue weighted by Crippen LogP contribution is 2.42. The standard InChI is InChI=1S/C14H21N3S2/c1-9-4-3-5-10(7-6-9)17-14-13(18-2)12(16)11(8-15)19-14/h9-10,17H,3-7,16H2,1-2H3. The van der Waals surface area contributed by atoms with Crippen molar-refractivity contribution in [2.45, 2.75) is 50.0 Å². The Labute approximate surface area is 123 Å². The Morgan fingerprint density at radius 2 is 2.16 bits per heavy atom. The fourth-order valence-electron chi connectivity index (χ4n) is 2.63. The van der Waals surface area contributed by atoms with Crippen LogP contribution < -0.4 is 11.1 Å². The smallest absolute Gasteiger partial charge is 0.131 e. The number of nitriles is 1. The van der Waals surface area contributed by atoms with E-state index in [0.717, 1.165) is 15.8 Å². The van der Waals surface area contributed by atoms with Crippen molar-refractivity contribution < 1.29 is 0 Å². The molecule has 0 saturated heterocycles. The Balaban J connectivity index is 2.12. The second kappa shape index (κ2) is 6.53. The molecule has 1 saturated carbocycles. The van der Waals surface area contributed by atoms with Crippen molar-refractivity contribution in [2.75, 3.05) is 17.3 Å². The van der Waals surface area contributed by atoms with E-state index < -0.39 is 0 Å². The molecule has 0 aromatic carbocycles. The number of thioether (sulfide) groups is 1. The summed E-state index contributed by atoms with van der Waals surface area (Å²) < 4.78 is 0. The molecule has 19 heavy (non-hydrogen) atoms. The minimum atomic E-state index is 0.528. The van der Waals surface area contributed by atoms with E-state index in [1.54, 1.807) is 11.8 Å². The van der Waals surface area contributed by atoms with Crippen molar-refractivity contribution in [3.63, 3.8) is 0 Å². The van der Waals surface area contributed by atoms with E-state index in [0.29, 0.717) is 16.6 Å². The molecule has 2 unspecified atom stereocenters. The number of hydrogen-bond acceptors (Lipinski definition) is 5. The van der Waals surface area contributed by atoms with Gasteiger partial charge in [0.25, 0.3) is 0 Å². The van der Waals surface area contributed by atoms with Gasteiger partial charge in [0.2, 0.25) is 0 Å². The first kappa shape index (κ1) is 14.5. The largest absolute Gasteiger partial charge is 0.396 e. The average Bonchev–Trinajstić information content (AvgIpc) is 2.55. The van der Waals surface area contributed by atoms with Gasteiger partial charge in [0.05, 0.1) is 10.6 Å². The number of nitrogens with one attached hydrogen (secondary N) is 1. The van der Waals surface area contributed by atoms with Crippen LogP contribution in [0.4, 0.5) is 10.7 Å². The lowest BCUT2D eigenvalue weighted by Crippen LogP contribution is -2.18. The molecule has 0 spiro atoms. The molecule has 2 atom stereocenters. The molecule has 1 aliphatic rings. The monoisotopic (exact) mass is 295 g/mol. The van der Waals surface area contributed by atoms with E-state index in [-0.39, 0.29) is 0 Å². The zero-order valence-corrected chi connectivity index (χ0v) is 13.2. The van der Waals surface area contributed by atoms with Gasteiger partial charge in [-0.05, 0) is 31.4 Å². The van der Waals surface area contributed by atoms with Crippen LogP contribution in [0.25, 0.3) is 0 Å². The van der Waals surface area contributed by atoms with Gasteiger partial charge in [-0.25, -0.2) is 0 Å². The van der Waals surface area contributed by atoms with Crippen molar-refractivity contribution in [3.8, 4) is 6.07 Å². The van der Waals surface area contributed by atoms with Gasteiger partial charge in [0.1, 0.15) is 15.9 Å². The number of thiophene rings is 1. The molecule has 1 aromatic heterocycles. The third-order valence-corrected chi connectivity index (χ3v) is 5.80. The molecule has 0 aliphatic heterocycles. The van der Waals surface area contributed by atoms with Gasteiger partial charge in [-0.2, -0.15) is 5.26 Å². The van der Waals surface area contributed by atoms with Crippen LogP contribution in [0.5, 0.6) is 0 Å². The van der Waals surface area contributed by atoms with E-state index in [9.17, 15) is 0 Å². The summed E-state index contributed by atoms with van der Waals surface area (Å²) in [6.45, 7) is 2.34. The summed E-state index contributed by atoms with van der Waals surface area (Å²) in [5.74, 6) is 0.842. The fourth-order valence-corrected chi connectivity index (χ4v) is 4.52. The van der Waals surface area contributed by atoms with Gasteiger partial charge >= 0.3 is 0 Å². The maximum Gasteiger partial charge on any atom is 0.131 e. The van der Waals surface area contributed by atoms with Crippen LogP contribution in [0, 0.1) is 17.2 Å². The van der Waals surface area contributed by atoms with Gasteiger partial charge < -0.3 is 11.1 Å². The molecule has 1 aliphatic carbocycles. The minimum Gasteiger partial charge on any atom is -0.396 e. The lowest BCUT2D eigenvalue weighted by atomic mass is 10.0. The first-order valence-corrected chi connectivity index (χ1v) is 8.82. The maximum absolute atomic E-state index is 9.08. The van der Waals surface area contributed by atoms with Crippen molar-refractivity contribution in [1.29, 1.82) is 5.26 Å². The van der Waals surface area contributed by atoms with Crippen LogP contribution in [0.15, 0.2) is 4.90 Å². The summed E-state index contributed by atoms with van der Waals surface area (Å²) in [4.78, 5) is 1.67. The molecule has 1 heterocycles. The highest BCUT2D eigenvalue weighted by atomic mass is 32.2. The second-order valence-electron chi connectivity index (χ2n) is 5.27. The zero-order chi connectivity index (χ0) is 13.8. The number of anilines is 2. The number of hydrogen-bond donors (Lipinski definition) is 2. The van der Waals surface area contributed by atoms with Gasteiger partial charge in [-0.1, -0.05) is 19.8 Å². The van der Waals surface area contributed by atoms with E-state index in [4.69, 9.17) is 11.0 Å². The summed E-state index contributed by atoms with van der Waals surface area (Å²) >= 11 is 3.12. The molecule has 1 fully saturated rings. The summed E-state index contributed by atoms with van der Waals surface area (Å²) in [5, 5.41) is 13.8. The van der Waals surface area contributed by atoms with Crippen molar-refractivity contribution in [1.82, 2.24) is 0 Å². The van der Waals surface area contributed by atoms with Gasteiger partial charge in [-0.3, -0.25) is 0 Å². The number of nitrogens with two attached hydrogens (primary N) is 1. The Bertz CT molecular complexity index is 476. The number of nitrogens with zero attached hydrogens (tertiary/aromatic N) is 1. The Hall–Kier alpha value is -0.860. The molecular formula is C14H21N3S2. The molecule has 3 N–H and O–H groups in total. The summed E-state index contributed by atoms with van der Waals surface area (Å²) in [6, 6.07) is 2.72. The lowest BCUT2D eigenvalue weighted by Gasteiger charge is -2.17. The third-order valence-electron chi connectivity index (χ3n) is 3.80. The first-order valence-electron chi connectivity index (χ1n) is 6.78. The second-order valence-corrected chi connectivity index (χ2v) is 7.11. The van der Waals surface area contributed by atoms with E-state index >= 15 is 0 Å². The predicted molar refractivity (Wildman–Crippen MR) is 84.9 cm³/mol. The van der Waals surface area contributed by atoms with Gasteiger partial charge in [0.15, 0.2) is 0 Å². The first-order chi connectivity index (χ1) is 9.15. The molecule has 0 amide bonds. The molecule has 5 heteroatoms. The van der Waals surface area contributed by atoms with Gasteiger partial charge in [-0.15, -0.1) is 23.1 Å². The predicted octanol–water partition coefficient (Wildman–Crippen LogP) is 4.30. The normalized spacial score (nSPS) is 23.6. The van der Waals surface area contributed by atoms with Crippen LogP contribution >= 0.6 is 23.1 Å². The topological polar surface area (TPSA) is 61.8 Å². The molecule has 2 rings (SSSR count). The van der Waals surface area contributed by atoms with E-state index in [2.05, 4.69) is 18.3 Å². The maximum atomic E-state index is 9.08. The van der Waals surface area contributed by atoms with Crippen molar-refractivity contribution >= 4 is 33.8 Å². The van der Waals surface area contributed by atoms with E-state index in [1.807, 2.05) is 6.26 Å². The Morgan fingerprint density at radius 3 is 2.84 bits per heavy atom. The van der Waals surface area contributed by atoms with Crippen LogP contribution in [0.2, 0.25) is 0 Å². The molecule has 104 valence electrons. The SMILES string of the molecule is CSc1c(NC2CCCC(C)CC2)sc(C#N)c1N. The van der Waals surface area contributed by atoms with Crippen LogP contribution in [-0.4, -0.2) is 12.3 Å². The van der Waals surface area contributed by atoms with Crippen molar-refractivity contribution in [2.24, 2.45) is 5.92 Å². The fraction of sp³-hybridized carbons (Fsp3) is 0.643. The molecule has 1 aromatic rings. The Kier molecular flexibility index (Phi) is 5.00. The quantitative estimate of drug-likeness (QED) is 0.644. The molecular weight excluding hydrogens is 274 g/mol. The highest BCUT2D eigenvalue weighted by molar-refractivity contribution is 7.99. The van der Waals surface area contributed by atoms with Gasteiger partial charge in [0, 0.05) is 6.04 Å². The lowest BCUT2D eigenvalue weighted by molar-refractivity contribution is 0.502. The molecule has 0 bridgehead atoms. The van der Waals surface area contributed by atoms with Crippen LogP contribution in [0.1, 0.15) is 43.9 Å². The van der Waals surface area contributed by atoms with E-state index in [1.165, 1.54) is 43.4 Å². The summed E-state index contributed by atoms with van der Waals surface area (Å²) in [7, 11) is 0. The minimum absolute atomic E-state index is 0.528. The van der Waals surface area contributed by atoms with Crippen LogP contribution in [-0.2, 0) is 0 Å². The summed E-state index contributed by atoms with van der Waals surface area (Å²) in [6.07, 6.45) is 8.37. The molecule has 0 radical (unpaired) electrons. The molecule has 3 nitrogen and oxygen atoms in total. The summed E-state index contributed by atoms with van der Waals surface area (Å²) in [5.41, 5.74) is 6.65. The Morgan fingerprint density at radius 1 is 1.37 bits per heavy atom. The van der Waals surface area contributed by atoms with Crippen LogP contribution in [0.3, 0.4) is 0 Å². The number of rotatable bonds is 3.